The predicted molar refractivity (Wildman–Crippen MR) is 83.5 cm³/mol. The number of hydrogen-bond acceptors (Lipinski definition) is 0. The minimum atomic E-state index is 0.454. The molecule has 0 spiro atoms. The molecule has 1 aromatic carbocycles. The van der Waals surface area contributed by atoms with E-state index >= 15 is 0 Å². The van der Waals surface area contributed by atoms with Crippen molar-refractivity contribution in [2.24, 2.45) is 5.92 Å². The first-order chi connectivity index (χ1) is 8.75. The summed E-state index contributed by atoms with van der Waals surface area (Å²) >= 11 is 7.38. The highest BCUT2D eigenvalue weighted by Crippen LogP contribution is 2.51. The Morgan fingerprint density at radius 1 is 0.944 bits per heavy atom. The third-order valence-electron chi connectivity index (χ3n) is 3.98. The maximum Gasteiger partial charge on any atom is 0.0251 e. The zero-order valence-electron chi connectivity index (χ0n) is 9.53. The van der Waals surface area contributed by atoms with Gasteiger partial charge in [-0.15, -0.1) is 0 Å². The summed E-state index contributed by atoms with van der Waals surface area (Å²) < 4.78 is 2.47. The van der Waals surface area contributed by atoms with E-state index < -0.39 is 0 Å². The van der Waals surface area contributed by atoms with Crippen LogP contribution in [0.1, 0.15) is 22.6 Å². The summed E-state index contributed by atoms with van der Waals surface area (Å²) in [5, 5.41) is 0. The van der Waals surface area contributed by atoms with Gasteiger partial charge in [-0.3, -0.25) is 0 Å². The molecule has 18 heavy (non-hydrogen) atoms. The first-order valence-corrected chi connectivity index (χ1v) is 7.60. The highest BCUT2D eigenvalue weighted by atomic mass is 79.9. The van der Waals surface area contributed by atoms with Crippen LogP contribution in [-0.4, -0.2) is 0 Å². The molecule has 2 heteroatoms. The highest BCUT2D eigenvalue weighted by molar-refractivity contribution is 9.11. The van der Waals surface area contributed by atoms with Crippen molar-refractivity contribution in [1.82, 2.24) is 0 Å². The predicted octanol–water partition coefficient (Wildman–Crippen LogP) is 5.42. The van der Waals surface area contributed by atoms with Gasteiger partial charge in [0.15, 0.2) is 0 Å². The van der Waals surface area contributed by atoms with E-state index in [1.807, 2.05) is 0 Å². The number of allylic oxidation sites excluding steroid dienone is 6. The topological polar surface area (TPSA) is 0 Å². The van der Waals surface area contributed by atoms with Crippen molar-refractivity contribution in [3.05, 3.63) is 67.7 Å². The van der Waals surface area contributed by atoms with Crippen molar-refractivity contribution in [2.45, 2.75) is 5.92 Å². The molecule has 2 unspecified atom stereocenters. The van der Waals surface area contributed by atoms with E-state index in [2.05, 4.69) is 80.4 Å². The second-order valence-corrected chi connectivity index (χ2v) is 6.65. The third kappa shape index (κ3) is 1.36. The highest BCUT2D eigenvalue weighted by Gasteiger charge is 2.35. The van der Waals surface area contributed by atoms with E-state index in [1.54, 1.807) is 0 Å². The maximum atomic E-state index is 3.71. The number of hydrogen-bond donors (Lipinski definition) is 0. The fraction of sp³-hybridized carbons (Fsp3) is 0.125. The molecule has 0 radical (unpaired) electrons. The molecule has 0 N–H and O–H groups in total. The van der Waals surface area contributed by atoms with E-state index in [0.29, 0.717) is 11.8 Å². The van der Waals surface area contributed by atoms with Crippen molar-refractivity contribution in [1.29, 1.82) is 0 Å². The van der Waals surface area contributed by atoms with Crippen LogP contribution in [0.2, 0.25) is 0 Å². The molecule has 0 nitrogen and oxygen atoms in total. The summed E-state index contributed by atoms with van der Waals surface area (Å²) in [4.78, 5) is 0. The van der Waals surface area contributed by atoms with Gasteiger partial charge in [0, 0.05) is 20.8 Å². The summed E-state index contributed by atoms with van der Waals surface area (Å²) in [6, 6.07) is 4.35. The van der Waals surface area contributed by atoms with Gasteiger partial charge < -0.3 is 0 Å². The molecule has 0 saturated carbocycles. The Labute approximate surface area is 123 Å². The van der Waals surface area contributed by atoms with Gasteiger partial charge in [-0.05, 0) is 28.3 Å². The zero-order chi connectivity index (χ0) is 12.3. The van der Waals surface area contributed by atoms with Crippen LogP contribution in [0.5, 0.6) is 0 Å². The molecule has 1 aromatic rings. The van der Waals surface area contributed by atoms with Crippen LogP contribution < -0.4 is 0 Å². The zero-order valence-corrected chi connectivity index (χ0v) is 12.7. The first-order valence-electron chi connectivity index (χ1n) is 6.01. The Bertz CT molecular complexity index is 675. The van der Waals surface area contributed by atoms with Crippen molar-refractivity contribution < 1.29 is 0 Å². The molecule has 3 aliphatic rings. The number of rotatable bonds is 0. The molecule has 88 valence electrons. The summed E-state index contributed by atoms with van der Waals surface area (Å²) in [6.45, 7) is 0. The molecule has 0 aliphatic heterocycles. The average Bonchev–Trinajstić information content (AvgIpc) is 2.40. The second kappa shape index (κ2) is 3.82. The summed E-state index contributed by atoms with van der Waals surface area (Å²) in [5.74, 6) is 0.928. The Kier molecular flexibility index (Phi) is 2.33. The molecule has 0 aromatic heterocycles. The van der Waals surface area contributed by atoms with Crippen LogP contribution >= 0.6 is 31.9 Å². The molecule has 0 bridgehead atoms. The van der Waals surface area contributed by atoms with Crippen LogP contribution in [0, 0.1) is 5.92 Å². The lowest BCUT2D eigenvalue weighted by Crippen LogP contribution is -2.22. The molecule has 0 saturated heterocycles. The van der Waals surface area contributed by atoms with E-state index in [1.165, 1.54) is 31.2 Å². The fourth-order valence-corrected chi connectivity index (χ4v) is 4.17. The maximum absolute atomic E-state index is 3.71. The molecular formula is C16H10Br2. The minimum Gasteiger partial charge on any atom is -0.0749 e. The van der Waals surface area contributed by atoms with Gasteiger partial charge >= 0.3 is 0 Å². The van der Waals surface area contributed by atoms with Gasteiger partial charge in [0.25, 0.3) is 0 Å². The minimum absolute atomic E-state index is 0.454. The second-order valence-electron chi connectivity index (χ2n) is 4.88. The average molecular weight is 362 g/mol. The Morgan fingerprint density at radius 3 is 2.72 bits per heavy atom. The lowest BCUT2D eigenvalue weighted by atomic mass is 9.69. The van der Waals surface area contributed by atoms with Crippen molar-refractivity contribution in [3.63, 3.8) is 0 Å². The van der Waals surface area contributed by atoms with E-state index in [-0.39, 0.29) is 0 Å². The third-order valence-corrected chi connectivity index (χ3v) is 5.46. The molecule has 0 amide bonds. The van der Waals surface area contributed by atoms with Gasteiger partial charge in [-0.2, -0.15) is 0 Å². The van der Waals surface area contributed by atoms with Crippen molar-refractivity contribution >= 4 is 44.0 Å². The SMILES string of the molecule is BrC1=CC=C2C=Cc3c(Br)ccc4c3C2C1C=C4. The molecule has 4 rings (SSSR count). The first kappa shape index (κ1) is 11.0. The van der Waals surface area contributed by atoms with Gasteiger partial charge in [-0.1, -0.05) is 74.4 Å². The van der Waals surface area contributed by atoms with Gasteiger partial charge in [0.05, 0.1) is 0 Å². The van der Waals surface area contributed by atoms with Crippen LogP contribution in [-0.2, 0) is 0 Å². The van der Waals surface area contributed by atoms with E-state index in [4.69, 9.17) is 0 Å². The van der Waals surface area contributed by atoms with Crippen LogP contribution in [0.25, 0.3) is 12.2 Å². The molecular weight excluding hydrogens is 352 g/mol. The van der Waals surface area contributed by atoms with Crippen LogP contribution in [0.15, 0.2) is 51.0 Å². The Morgan fingerprint density at radius 2 is 1.83 bits per heavy atom. The van der Waals surface area contributed by atoms with Crippen LogP contribution in [0.3, 0.4) is 0 Å². The summed E-state index contributed by atoms with van der Waals surface area (Å²) in [6.07, 6.45) is 13.5. The fourth-order valence-electron chi connectivity index (χ4n) is 3.14. The van der Waals surface area contributed by atoms with E-state index in [0.717, 1.165) is 0 Å². The largest absolute Gasteiger partial charge is 0.0749 e. The lowest BCUT2D eigenvalue weighted by molar-refractivity contribution is 0.657. The Balaban J connectivity index is 2.08. The monoisotopic (exact) mass is 360 g/mol. The van der Waals surface area contributed by atoms with Gasteiger partial charge in [-0.25, -0.2) is 0 Å². The number of benzene rings is 1. The standard InChI is InChI=1S/C16H10Br2/c17-13-8-4-10-2-6-12-14(18)7-3-9-1-5-11(13)16(10)15(9)12/h1-8,11,16H. The Hall–Kier alpha value is -0.860. The summed E-state index contributed by atoms with van der Waals surface area (Å²) in [5.41, 5.74) is 5.58. The van der Waals surface area contributed by atoms with Crippen molar-refractivity contribution in [3.8, 4) is 0 Å². The molecule has 0 fully saturated rings. The lowest BCUT2D eigenvalue weighted by Gasteiger charge is -2.36. The summed E-state index contributed by atoms with van der Waals surface area (Å²) in [7, 11) is 0. The smallest absolute Gasteiger partial charge is 0.0251 e. The number of halogens is 2. The van der Waals surface area contributed by atoms with E-state index in [9.17, 15) is 0 Å². The van der Waals surface area contributed by atoms with Gasteiger partial charge in [0.1, 0.15) is 0 Å². The molecule has 3 aliphatic carbocycles. The van der Waals surface area contributed by atoms with Gasteiger partial charge in [0.2, 0.25) is 0 Å². The quantitative estimate of drug-likeness (QED) is 0.578. The van der Waals surface area contributed by atoms with Crippen LogP contribution in [0.4, 0.5) is 0 Å². The van der Waals surface area contributed by atoms with Crippen molar-refractivity contribution in [2.75, 3.05) is 0 Å². The molecule has 2 atom stereocenters. The molecule has 0 heterocycles. The normalized spacial score (nSPS) is 26.6.